The molecular formula is C16H24N4. The fourth-order valence-electron chi connectivity index (χ4n) is 2.01. The van der Waals surface area contributed by atoms with Crippen molar-refractivity contribution in [2.45, 2.75) is 52.6 Å². The van der Waals surface area contributed by atoms with Crippen molar-refractivity contribution in [2.75, 3.05) is 0 Å². The molecule has 0 aliphatic carbocycles. The molecular weight excluding hydrogens is 248 g/mol. The highest BCUT2D eigenvalue weighted by molar-refractivity contribution is 5.33. The summed E-state index contributed by atoms with van der Waals surface area (Å²) in [7, 11) is 0. The van der Waals surface area contributed by atoms with Gasteiger partial charge in [0.1, 0.15) is 0 Å². The highest BCUT2D eigenvalue weighted by atomic mass is 15.4. The van der Waals surface area contributed by atoms with Crippen LogP contribution < -0.4 is 5.32 Å². The smallest absolute Gasteiger partial charge is 0.0969 e. The number of nitrogens with one attached hydrogen (secondary N) is 1. The number of hydrogen-bond donors (Lipinski definition) is 1. The molecule has 20 heavy (non-hydrogen) atoms. The van der Waals surface area contributed by atoms with E-state index in [4.69, 9.17) is 0 Å². The molecule has 0 amide bonds. The van der Waals surface area contributed by atoms with Crippen LogP contribution in [0, 0.1) is 0 Å². The molecule has 1 heterocycles. The number of nitrogens with zero attached hydrogens (tertiary/aromatic N) is 3. The Morgan fingerprint density at radius 3 is 2.60 bits per heavy atom. The zero-order valence-electron chi connectivity index (χ0n) is 12.6. The van der Waals surface area contributed by atoms with E-state index in [-0.39, 0.29) is 0 Å². The van der Waals surface area contributed by atoms with Crippen molar-refractivity contribution in [1.82, 2.24) is 20.3 Å². The SMILES string of the molecule is CCCCc1ccc(-n2cc(CNC(C)C)nn2)cc1. The third-order valence-corrected chi connectivity index (χ3v) is 3.25. The van der Waals surface area contributed by atoms with Gasteiger partial charge in [0.25, 0.3) is 0 Å². The summed E-state index contributed by atoms with van der Waals surface area (Å²) < 4.78 is 1.83. The van der Waals surface area contributed by atoms with E-state index in [9.17, 15) is 0 Å². The van der Waals surface area contributed by atoms with Crippen molar-refractivity contribution in [3.8, 4) is 5.69 Å². The average molecular weight is 272 g/mol. The predicted molar refractivity (Wildman–Crippen MR) is 81.9 cm³/mol. The Labute approximate surface area is 121 Å². The summed E-state index contributed by atoms with van der Waals surface area (Å²) in [5.74, 6) is 0. The summed E-state index contributed by atoms with van der Waals surface area (Å²) in [5, 5.41) is 11.7. The van der Waals surface area contributed by atoms with E-state index in [0.717, 1.165) is 24.3 Å². The molecule has 0 saturated carbocycles. The van der Waals surface area contributed by atoms with Gasteiger partial charge in [-0.2, -0.15) is 0 Å². The molecule has 108 valence electrons. The van der Waals surface area contributed by atoms with Gasteiger partial charge in [-0.25, -0.2) is 4.68 Å². The van der Waals surface area contributed by atoms with Crippen LogP contribution in [0.5, 0.6) is 0 Å². The van der Waals surface area contributed by atoms with Crippen molar-refractivity contribution >= 4 is 0 Å². The summed E-state index contributed by atoms with van der Waals surface area (Å²) in [6.45, 7) is 7.22. The molecule has 0 aliphatic heterocycles. The van der Waals surface area contributed by atoms with Gasteiger partial charge in [-0.3, -0.25) is 0 Å². The number of rotatable bonds is 7. The topological polar surface area (TPSA) is 42.7 Å². The molecule has 2 aromatic rings. The van der Waals surface area contributed by atoms with E-state index in [1.165, 1.54) is 18.4 Å². The minimum Gasteiger partial charge on any atom is -0.309 e. The number of aryl methyl sites for hydroxylation is 1. The number of hydrogen-bond acceptors (Lipinski definition) is 3. The molecule has 2 rings (SSSR count). The van der Waals surface area contributed by atoms with E-state index in [0.29, 0.717) is 6.04 Å². The minimum atomic E-state index is 0.456. The molecule has 0 bridgehead atoms. The monoisotopic (exact) mass is 272 g/mol. The molecule has 0 saturated heterocycles. The van der Waals surface area contributed by atoms with Crippen LogP contribution in [0.1, 0.15) is 44.9 Å². The van der Waals surface area contributed by atoms with Crippen LogP contribution in [0.15, 0.2) is 30.5 Å². The molecule has 0 atom stereocenters. The first-order chi connectivity index (χ1) is 9.69. The zero-order valence-corrected chi connectivity index (χ0v) is 12.6. The van der Waals surface area contributed by atoms with Crippen LogP contribution in [0.3, 0.4) is 0 Å². The summed E-state index contributed by atoms with van der Waals surface area (Å²) in [6, 6.07) is 9.04. The highest BCUT2D eigenvalue weighted by Gasteiger charge is 2.03. The summed E-state index contributed by atoms with van der Waals surface area (Å²) in [5.41, 5.74) is 3.42. The van der Waals surface area contributed by atoms with Gasteiger partial charge in [0, 0.05) is 12.6 Å². The van der Waals surface area contributed by atoms with E-state index >= 15 is 0 Å². The van der Waals surface area contributed by atoms with Gasteiger partial charge in [0.15, 0.2) is 0 Å². The van der Waals surface area contributed by atoms with Crippen LogP contribution >= 0.6 is 0 Å². The van der Waals surface area contributed by atoms with E-state index in [1.54, 1.807) is 0 Å². The van der Waals surface area contributed by atoms with Gasteiger partial charge < -0.3 is 5.32 Å². The van der Waals surface area contributed by atoms with Crippen LogP contribution in [-0.4, -0.2) is 21.0 Å². The standard InChI is InChI=1S/C16H24N4/c1-4-5-6-14-7-9-16(10-8-14)20-12-15(18-19-20)11-17-13(2)3/h7-10,12-13,17H,4-6,11H2,1-3H3. The Morgan fingerprint density at radius 2 is 1.95 bits per heavy atom. The lowest BCUT2D eigenvalue weighted by atomic mass is 10.1. The lowest BCUT2D eigenvalue weighted by Crippen LogP contribution is -2.21. The third-order valence-electron chi connectivity index (χ3n) is 3.25. The van der Waals surface area contributed by atoms with Crippen molar-refractivity contribution in [3.63, 3.8) is 0 Å². The van der Waals surface area contributed by atoms with E-state index in [2.05, 4.69) is 60.7 Å². The molecule has 4 heteroatoms. The van der Waals surface area contributed by atoms with Crippen molar-refractivity contribution < 1.29 is 0 Å². The van der Waals surface area contributed by atoms with E-state index < -0.39 is 0 Å². The Bertz CT molecular complexity index is 514. The first-order valence-electron chi connectivity index (χ1n) is 7.43. The molecule has 0 unspecified atom stereocenters. The molecule has 1 aromatic carbocycles. The largest absolute Gasteiger partial charge is 0.309 e. The first-order valence-corrected chi connectivity index (χ1v) is 7.43. The van der Waals surface area contributed by atoms with Gasteiger partial charge in [-0.05, 0) is 30.5 Å². The maximum absolute atomic E-state index is 4.19. The molecule has 0 fully saturated rings. The van der Waals surface area contributed by atoms with Gasteiger partial charge >= 0.3 is 0 Å². The van der Waals surface area contributed by atoms with E-state index in [1.807, 2.05) is 10.9 Å². The summed E-state index contributed by atoms with van der Waals surface area (Å²) in [4.78, 5) is 0. The normalized spacial score (nSPS) is 11.2. The highest BCUT2D eigenvalue weighted by Crippen LogP contribution is 2.11. The number of aromatic nitrogens is 3. The first kappa shape index (κ1) is 14.7. The lowest BCUT2D eigenvalue weighted by Gasteiger charge is -2.04. The molecule has 0 spiro atoms. The molecule has 0 aliphatic rings. The van der Waals surface area contributed by atoms with Crippen molar-refractivity contribution in [3.05, 3.63) is 41.7 Å². The minimum absolute atomic E-state index is 0.456. The van der Waals surface area contributed by atoms with Gasteiger partial charge in [-0.15, -0.1) is 5.10 Å². The fraction of sp³-hybridized carbons (Fsp3) is 0.500. The lowest BCUT2D eigenvalue weighted by molar-refractivity contribution is 0.580. The Balaban J connectivity index is 2.00. The van der Waals surface area contributed by atoms with Crippen molar-refractivity contribution in [2.24, 2.45) is 0 Å². The van der Waals surface area contributed by atoms with Crippen LogP contribution in [0.2, 0.25) is 0 Å². The van der Waals surface area contributed by atoms with Gasteiger partial charge in [0.05, 0.1) is 17.6 Å². The summed E-state index contributed by atoms with van der Waals surface area (Å²) in [6.07, 6.45) is 5.61. The second-order valence-electron chi connectivity index (χ2n) is 5.46. The fourth-order valence-corrected chi connectivity index (χ4v) is 2.01. The zero-order chi connectivity index (χ0) is 14.4. The Kier molecular flexibility index (Phi) is 5.30. The van der Waals surface area contributed by atoms with Gasteiger partial charge in [0.2, 0.25) is 0 Å². The Hall–Kier alpha value is -1.68. The van der Waals surface area contributed by atoms with Crippen molar-refractivity contribution in [1.29, 1.82) is 0 Å². The molecule has 0 radical (unpaired) electrons. The van der Waals surface area contributed by atoms with Crippen LogP contribution in [0.4, 0.5) is 0 Å². The maximum Gasteiger partial charge on any atom is 0.0969 e. The number of benzene rings is 1. The third kappa shape index (κ3) is 4.17. The molecule has 1 N–H and O–H groups in total. The molecule has 4 nitrogen and oxygen atoms in total. The second-order valence-corrected chi connectivity index (χ2v) is 5.46. The predicted octanol–water partition coefficient (Wildman–Crippen LogP) is 3.11. The summed E-state index contributed by atoms with van der Waals surface area (Å²) >= 11 is 0. The number of unbranched alkanes of at least 4 members (excludes halogenated alkanes) is 1. The average Bonchev–Trinajstić information content (AvgIpc) is 2.92. The maximum atomic E-state index is 4.19. The van der Waals surface area contributed by atoms with Gasteiger partial charge in [-0.1, -0.05) is 44.5 Å². The Morgan fingerprint density at radius 1 is 1.20 bits per heavy atom. The van der Waals surface area contributed by atoms with Crippen LogP contribution in [0.25, 0.3) is 5.69 Å². The van der Waals surface area contributed by atoms with Crippen LogP contribution in [-0.2, 0) is 13.0 Å². The quantitative estimate of drug-likeness (QED) is 0.842. The molecule has 1 aromatic heterocycles. The second kappa shape index (κ2) is 7.20.